The molecule has 8 heteroatoms. The van der Waals surface area contributed by atoms with Gasteiger partial charge in [-0.3, -0.25) is 9.59 Å². The molecule has 0 radical (unpaired) electrons. The molecule has 0 saturated carbocycles. The van der Waals surface area contributed by atoms with Crippen LogP contribution in [-0.2, 0) is 19.6 Å². The summed E-state index contributed by atoms with van der Waals surface area (Å²) in [5, 5.41) is 2.41. The molecule has 3 rings (SSSR count). The lowest BCUT2D eigenvalue weighted by atomic mass is 10.1. The van der Waals surface area contributed by atoms with Gasteiger partial charge in [0.25, 0.3) is 11.7 Å². The zero-order valence-corrected chi connectivity index (χ0v) is 12.9. The molecular formula is C14H16N2O5S. The predicted octanol–water partition coefficient (Wildman–Crippen LogP) is 0.621. The van der Waals surface area contributed by atoms with E-state index in [2.05, 4.69) is 5.32 Å². The molecule has 0 aliphatic carbocycles. The molecule has 118 valence electrons. The molecule has 2 aliphatic rings. The second-order valence-electron chi connectivity index (χ2n) is 5.36. The van der Waals surface area contributed by atoms with Crippen LogP contribution in [-0.4, -0.2) is 50.7 Å². The number of carbonyl (C=O) groups excluding carboxylic acids is 2. The van der Waals surface area contributed by atoms with E-state index in [9.17, 15) is 18.0 Å². The topological polar surface area (TPSA) is 92.8 Å². The summed E-state index contributed by atoms with van der Waals surface area (Å²) in [6.45, 7) is 0.766. The van der Waals surface area contributed by atoms with Crippen LogP contribution >= 0.6 is 0 Å². The van der Waals surface area contributed by atoms with Gasteiger partial charge in [0.1, 0.15) is 0 Å². The zero-order chi connectivity index (χ0) is 15.9. The molecule has 22 heavy (non-hydrogen) atoms. The number of rotatable bonds is 4. The van der Waals surface area contributed by atoms with Crippen LogP contribution in [0.4, 0.5) is 5.69 Å². The van der Waals surface area contributed by atoms with E-state index in [0.717, 1.165) is 12.8 Å². The van der Waals surface area contributed by atoms with E-state index in [1.54, 1.807) is 0 Å². The SMILES string of the molecule is COCC1CCCN1S(=O)(=O)c1ccc2c(c1)C(=O)C(=O)N2. The first-order chi connectivity index (χ1) is 10.4. The minimum Gasteiger partial charge on any atom is -0.383 e. The number of methoxy groups -OCH3 is 1. The number of benzene rings is 1. The molecule has 1 N–H and O–H groups in total. The van der Waals surface area contributed by atoms with Crippen LogP contribution in [0.1, 0.15) is 23.2 Å². The van der Waals surface area contributed by atoms with Crippen molar-refractivity contribution in [1.82, 2.24) is 4.31 Å². The number of hydrogen-bond acceptors (Lipinski definition) is 5. The maximum absolute atomic E-state index is 12.8. The van der Waals surface area contributed by atoms with E-state index in [1.165, 1.54) is 29.6 Å². The third kappa shape index (κ3) is 2.33. The number of sulfonamides is 1. The number of ether oxygens (including phenoxy) is 1. The van der Waals surface area contributed by atoms with Crippen LogP contribution in [0, 0.1) is 0 Å². The normalized spacial score (nSPS) is 22.0. The molecule has 1 unspecified atom stereocenters. The van der Waals surface area contributed by atoms with Gasteiger partial charge in [0.2, 0.25) is 10.0 Å². The first-order valence-corrected chi connectivity index (χ1v) is 8.39. The number of anilines is 1. The lowest BCUT2D eigenvalue weighted by Crippen LogP contribution is -2.38. The Morgan fingerprint density at radius 3 is 2.86 bits per heavy atom. The van der Waals surface area contributed by atoms with Crippen molar-refractivity contribution in [1.29, 1.82) is 0 Å². The Labute approximate surface area is 128 Å². The van der Waals surface area contributed by atoms with Crippen LogP contribution in [0.3, 0.4) is 0 Å². The van der Waals surface area contributed by atoms with Crippen molar-refractivity contribution in [2.45, 2.75) is 23.8 Å². The minimum atomic E-state index is -3.71. The summed E-state index contributed by atoms with van der Waals surface area (Å²) in [4.78, 5) is 23.1. The molecule has 1 aromatic rings. The van der Waals surface area contributed by atoms with Crippen molar-refractivity contribution in [2.24, 2.45) is 0 Å². The highest BCUT2D eigenvalue weighted by molar-refractivity contribution is 7.89. The fourth-order valence-electron chi connectivity index (χ4n) is 2.90. The van der Waals surface area contributed by atoms with Crippen LogP contribution in [0.15, 0.2) is 23.1 Å². The largest absolute Gasteiger partial charge is 0.383 e. The van der Waals surface area contributed by atoms with Gasteiger partial charge >= 0.3 is 0 Å². The number of ketones is 1. The van der Waals surface area contributed by atoms with Crippen LogP contribution in [0.5, 0.6) is 0 Å². The highest BCUT2D eigenvalue weighted by Gasteiger charge is 2.37. The molecule has 1 atom stereocenters. The smallest absolute Gasteiger partial charge is 0.296 e. The monoisotopic (exact) mass is 324 g/mol. The first kappa shape index (κ1) is 15.1. The Bertz CT molecular complexity index is 744. The second-order valence-corrected chi connectivity index (χ2v) is 7.25. The second kappa shape index (κ2) is 5.45. The Morgan fingerprint density at radius 2 is 2.14 bits per heavy atom. The standard InChI is InChI=1S/C14H16N2O5S/c1-21-8-9-3-2-6-16(9)22(19,20)10-4-5-12-11(7-10)13(17)14(18)15-12/h4-5,7,9H,2-3,6,8H2,1H3,(H,15,17,18). The molecule has 0 aromatic heterocycles. The van der Waals surface area contributed by atoms with E-state index in [0.29, 0.717) is 18.8 Å². The molecule has 2 aliphatic heterocycles. The third-order valence-electron chi connectivity index (χ3n) is 3.98. The predicted molar refractivity (Wildman–Crippen MR) is 78.2 cm³/mol. The summed E-state index contributed by atoms with van der Waals surface area (Å²) in [7, 11) is -2.17. The van der Waals surface area contributed by atoms with Crippen molar-refractivity contribution >= 4 is 27.4 Å². The number of amides is 1. The van der Waals surface area contributed by atoms with Crippen molar-refractivity contribution < 1.29 is 22.7 Å². The number of carbonyl (C=O) groups is 2. The number of nitrogens with one attached hydrogen (secondary N) is 1. The maximum atomic E-state index is 12.8. The average molecular weight is 324 g/mol. The van der Waals surface area contributed by atoms with Gasteiger partial charge in [-0.15, -0.1) is 0 Å². The first-order valence-electron chi connectivity index (χ1n) is 6.95. The maximum Gasteiger partial charge on any atom is 0.296 e. The van der Waals surface area contributed by atoms with E-state index in [4.69, 9.17) is 4.74 Å². The van der Waals surface area contributed by atoms with Crippen molar-refractivity contribution in [2.75, 3.05) is 25.6 Å². The highest BCUT2D eigenvalue weighted by Crippen LogP contribution is 2.30. The Hall–Kier alpha value is -1.77. The number of nitrogens with zero attached hydrogens (tertiary/aromatic N) is 1. The van der Waals surface area contributed by atoms with Gasteiger partial charge in [-0.1, -0.05) is 0 Å². The lowest BCUT2D eigenvalue weighted by molar-refractivity contribution is -0.112. The van der Waals surface area contributed by atoms with Gasteiger partial charge in [0.05, 0.1) is 22.8 Å². The summed E-state index contributed by atoms with van der Waals surface area (Å²) in [5.74, 6) is -1.44. The Balaban J connectivity index is 1.97. The van der Waals surface area contributed by atoms with Gasteiger partial charge in [-0.25, -0.2) is 8.42 Å². The Morgan fingerprint density at radius 1 is 1.36 bits per heavy atom. The van der Waals surface area contributed by atoms with Gasteiger partial charge < -0.3 is 10.1 Å². The van der Waals surface area contributed by atoms with Gasteiger partial charge in [-0.05, 0) is 31.0 Å². The average Bonchev–Trinajstić information content (AvgIpc) is 3.06. The van der Waals surface area contributed by atoms with Crippen LogP contribution in [0.2, 0.25) is 0 Å². The van der Waals surface area contributed by atoms with E-state index < -0.39 is 21.7 Å². The molecule has 0 bridgehead atoms. The molecule has 7 nitrogen and oxygen atoms in total. The number of hydrogen-bond donors (Lipinski definition) is 1. The summed E-state index contributed by atoms with van der Waals surface area (Å²) >= 11 is 0. The summed E-state index contributed by atoms with van der Waals surface area (Å²) in [6.07, 6.45) is 1.52. The third-order valence-corrected chi connectivity index (χ3v) is 5.93. The lowest BCUT2D eigenvalue weighted by Gasteiger charge is -2.23. The number of Topliss-reactive ketones (excluding diaryl/α,β-unsaturated/α-hetero) is 1. The quantitative estimate of drug-likeness (QED) is 0.820. The van der Waals surface area contributed by atoms with E-state index >= 15 is 0 Å². The fourth-order valence-corrected chi connectivity index (χ4v) is 4.61. The van der Waals surface area contributed by atoms with Crippen molar-refractivity contribution in [3.63, 3.8) is 0 Å². The number of fused-ring (bicyclic) bond motifs is 1. The minimum absolute atomic E-state index is 0.0269. The zero-order valence-electron chi connectivity index (χ0n) is 12.0. The van der Waals surface area contributed by atoms with Gasteiger partial charge in [0, 0.05) is 19.7 Å². The molecule has 1 fully saturated rings. The fraction of sp³-hybridized carbons (Fsp3) is 0.429. The highest BCUT2D eigenvalue weighted by atomic mass is 32.2. The Kier molecular flexibility index (Phi) is 3.75. The van der Waals surface area contributed by atoms with Crippen LogP contribution in [0.25, 0.3) is 0 Å². The summed E-state index contributed by atoms with van der Waals surface area (Å²) < 4.78 is 32.0. The van der Waals surface area contributed by atoms with Crippen molar-refractivity contribution in [3.8, 4) is 0 Å². The molecule has 2 heterocycles. The van der Waals surface area contributed by atoms with Gasteiger partial charge in [-0.2, -0.15) is 4.31 Å². The molecule has 1 amide bonds. The molecule has 1 aromatic carbocycles. The molecule has 0 spiro atoms. The van der Waals surface area contributed by atoms with Gasteiger partial charge in [0.15, 0.2) is 0 Å². The summed E-state index contributed by atoms with van der Waals surface area (Å²) in [5.41, 5.74) is 0.456. The van der Waals surface area contributed by atoms with Crippen LogP contribution < -0.4 is 5.32 Å². The van der Waals surface area contributed by atoms with Crippen molar-refractivity contribution in [3.05, 3.63) is 23.8 Å². The molecular weight excluding hydrogens is 308 g/mol. The van der Waals surface area contributed by atoms with E-state index in [1.807, 2.05) is 0 Å². The molecule has 1 saturated heterocycles. The summed E-state index contributed by atoms with van der Waals surface area (Å²) in [6, 6.07) is 3.94. The van der Waals surface area contributed by atoms with E-state index in [-0.39, 0.29) is 16.5 Å².